The van der Waals surface area contributed by atoms with Crippen molar-refractivity contribution in [3.05, 3.63) is 95.1 Å². The van der Waals surface area contributed by atoms with Crippen LogP contribution in [0.4, 0.5) is 23.7 Å². The summed E-state index contributed by atoms with van der Waals surface area (Å²) in [6.07, 6.45) is 1.98. The van der Waals surface area contributed by atoms with Gasteiger partial charge in [-0.2, -0.15) is 0 Å². The number of nitrogens with zero attached hydrogens (tertiary/aromatic N) is 2. The first-order valence-electron chi connectivity index (χ1n) is 15.7. The second kappa shape index (κ2) is 16.0. The van der Waals surface area contributed by atoms with Gasteiger partial charge in [0, 0.05) is 43.1 Å². The molecule has 0 saturated carbocycles. The van der Waals surface area contributed by atoms with E-state index in [0.29, 0.717) is 42.8 Å². The molecule has 2 amide bonds. The number of ether oxygens (including phenoxy) is 1. The van der Waals surface area contributed by atoms with Crippen molar-refractivity contribution in [2.75, 3.05) is 25.0 Å². The average molecular weight is 641 g/mol. The van der Waals surface area contributed by atoms with Crippen molar-refractivity contribution >= 4 is 17.7 Å². The lowest BCUT2D eigenvalue weighted by Gasteiger charge is -2.39. The molecule has 1 fully saturated rings. The van der Waals surface area contributed by atoms with Gasteiger partial charge in [0.2, 0.25) is 5.91 Å². The van der Waals surface area contributed by atoms with Crippen LogP contribution in [0.2, 0.25) is 0 Å². The summed E-state index contributed by atoms with van der Waals surface area (Å²) >= 11 is 0. The lowest BCUT2D eigenvalue weighted by molar-refractivity contribution is -0.116. The predicted molar refractivity (Wildman–Crippen MR) is 170 cm³/mol. The number of benzene rings is 2. The Morgan fingerprint density at radius 3 is 2.07 bits per heavy atom. The Kier molecular flexibility index (Phi) is 12.2. The summed E-state index contributed by atoms with van der Waals surface area (Å²) in [4.78, 5) is 30.8. The first kappa shape index (κ1) is 34.9. The number of hydrogen-bond donors (Lipinski definition) is 3. The van der Waals surface area contributed by atoms with Gasteiger partial charge in [-0.1, -0.05) is 52.0 Å². The monoisotopic (exact) mass is 640 g/mol. The topological polar surface area (TPSA) is 104 Å². The molecule has 2 heterocycles. The third-order valence-electron chi connectivity index (χ3n) is 8.49. The van der Waals surface area contributed by atoms with Crippen LogP contribution in [0.5, 0.6) is 0 Å². The molecule has 3 N–H and O–H groups in total. The van der Waals surface area contributed by atoms with E-state index in [2.05, 4.69) is 15.6 Å². The van der Waals surface area contributed by atoms with Gasteiger partial charge in [-0.25, -0.2) is 18.0 Å². The van der Waals surface area contributed by atoms with Crippen LogP contribution < -0.4 is 10.6 Å². The molecule has 3 aromatic rings. The molecular weight excluding hydrogens is 597 g/mol. The van der Waals surface area contributed by atoms with Gasteiger partial charge in [-0.3, -0.25) is 9.78 Å². The Morgan fingerprint density at radius 2 is 1.57 bits per heavy atom. The lowest BCUT2D eigenvalue weighted by atomic mass is 9.88. The highest BCUT2D eigenvalue weighted by Gasteiger charge is 2.32. The van der Waals surface area contributed by atoms with E-state index in [1.54, 1.807) is 24.3 Å². The zero-order valence-electron chi connectivity index (χ0n) is 26.7. The van der Waals surface area contributed by atoms with E-state index in [1.807, 2.05) is 27.7 Å². The van der Waals surface area contributed by atoms with E-state index in [9.17, 15) is 23.5 Å². The van der Waals surface area contributed by atoms with Crippen molar-refractivity contribution in [1.29, 1.82) is 0 Å². The molecule has 1 saturated heterocycles. The Labute approximate surface area is 268 Å². The van der Waals surface area contributed by atoms with E-state index in [1.165, 1.54) is 35.4 Å². The lowest BCUT2D eigenvalue weighted by Crippen LogP contribution is -2.56. The summed E-state index contributed by atoms with van der Waals surface area (Å²) in [5.41, 5.74) is 1.89. The Morgan fingerprint density at radius 1 is 0.978 bits per heavy atom. The van der Waals surface area contributed by atoms with Crippen LogP contribution in [0, 0.1) is 29.3 Å². The molecule has 0 unspecified atom stereocenters. The van der Waals surface area contributed by atoms with Crippen LogP contribution in [0.3, 0.4) is 0 Å². The van der Waals surface area contributed by atoms with Crippen molar-refractivity contribution < 1.29 is 32.6 Å². The summed E-state index contributed by atoms with van der Waals surface area (Å²) in [5.74, 6) is -1.96. The number of hydrogen-bond acceptors (Lipinski definition) is 5. The van der Waals surface area contributed by atoms with E-state index in [-0.39, 0.29) is 48.6 Å². The largest absolute Gasteiger partial charge is 0.465 e. The minimum absolute atomic E-state index is 0.0495. The normalized spacial score (nSPS) is 16.8. The Hall–Kier alpha value is -3.96. The minimum Gasteiger partial charge on any atom is -0.465 e. The number of anilines is 1. The number of pyridine rings is 1. The fourth-order valence-corrected chi connectivity index (χ4v) is 6.36. The predicted octanol–water partition coefficient (Wildman–Crippen LogP) is 6.61. The molecule has 1 aliphatic rings. The molecular formula is C35H43F3N4O4. The van der Waals surface area contributed by atoms with Gasteiger partial charge in [0.05, 0.1) is 30.8 Å². The number of aromatic nitrogens is 1. The van der Waals surface area contributed by atoms with E-state index < -0.39 is 35.4 Å². The molecule has 11 heteroatoms. The van der Waals surface area contributed by atoms with E-state index in [4.69, 9.17) is 4.74 Å². The van der Waals surface area contributed by atoms with E-state index >= 15 is 4.39 Å². The SMILES string of the molecule is CC(C)C(C(C)C)N(C[C@H]1CO[C@H](CCc2c(F)cncc2NC(=O)CC(c2ccc(F)cc2)c2ccc(F)cc2)CN1)C(=O)O. The van der Waals surface area contributed by atoms with E-state index in [0.717, 1.165) is 6.20 Å². The van der Waals surface area contributed by atoms with Crippen LogP contribution in [0.25, 0.3) is 0 Å². The van der Waals surface area contributed by atoms with Crippen LogP contribution in [0.1, 0.15) is 63.1 Å². The van der Waals surface area contributed by atoms with Gasteiger partial charge in [-0.15, -0.1) is 0 Å². The molecule has 0 bridgehead atoms. The smallest absolute Gasteiger partial charge is 0.407 e. The maximum absolute atomic E-state index is 15.0. The third kappa shape index (κ3) is 9.29. The number of halogens is 3. The highest BCUT2D eigenvalue weighted by Crippen LogP contribution is 2.30. The zero-order chi connectivity index (χ0) is 33.4. The summed E-state index contributed by atoms with van der Waals surface area (Å²) in [7, 11) is 0. The van der Waals surface area contributed by atoms with Crippen LogP contribution in [0.15, 0.2) is 60.9 Å². The molecule has 46 heavy (non-hydrogen) atoms. The summed E-state index contributed by atoms with van der Waals surface area (Å²) in [6.45, 7) is 9.16. The first-order valence-corrected chi connectivity index (χ1v) is 15.7. The maximum atomic E-state index is 15.0. The molecule has 1 aromatic heterocycles. The number of nitrogens with one attached hydrogen (secondary N) is 2. The molecule has 2 atom stereocenters. The minimum atomic E-state index is -0.958. The fraction of sp³-hybridized carbons (Fsp3) is 0.457. The highest BCUT2D eigenvalue weighted by molar-refractivity contribution is 5.92. The Bertz CT molecular complexity index is 1390. The molecule has 0 radical (unpaired) electrons. The summed E-state index contributed by atoms with van der Waals surface area (Å²) in [5, 5.41) is 16.1. The number of morpholine rings is 1. The van der Waals surface area contributed by atoms with Crippen molar-refractivity contribution in [3.8, 4) is 0 Å². The van der Waals surface area contributed by atoms with Gasteiger partial charge >= 0.3 is 6.09 Å². The molecule has 0 aliphatic carbocycles. The van der Waals surface area contributed by atoms with Crippen molar-refractivity contribution in [2.24, 2.45) is 11.8 Å². The second-order valence-electron chi connectivity index (χ2n) is 12.6. The number of carboxylic acid groups (broad SMARTS) is 1. The fourth-order valence-electron chi connectivity index (χ4n) is 6.36. The molecule has 4 rings (SSSR count). The van der Waals surface area contributed by atoms with Gasteiger partial charge in [0.25, 0.3) is 0 Å². The zero-order valence-corrected chi connectivity index (χ0v) is 26.7. The van der Waals surface area contributed by atoms with Crippen LogP contribution in [-0.2, 0) is 16.0 Å². The van der Waals surface area contributed by atoms with Gasteiger partial charge in [0.15, 0.2) is 0 Å². The van der Waals surface area contributed by atoms with Crippen molar-refractivity contribution in [1.82, 2.24) is 15.2 Å². The van der Waals surface area contributed by atoms with Gasteiger partial charge in [-0.05, 0) is 60.1 Å². The van der Waals surface area contributed by atoms with Crippen LogP contribution in [-0.4, -0.2) is 64.9 Å². The molecule has 1 aliphatic heterocycles. The van der Waals surface area contributed by atoms with Gasteiger partial charge in [0.1, 0.15) is 17.5 Å². The third-order valence-corrected chi connectivity index (χ3v) is 8.49. The average Bonchev–Trinajstić information content (AvgIpc) is 3.00. The summed E-state index contributed by atoms with van der Waals surface area (Å²) in [6, 6.07) is 11.3. The first-order chi connectivity index (χ1) is 21.9. The summed E-state index contributed by atoms with van der Waals surface area (Å²) < 4.78 is 48.3. The molecule has 8 nitrogen and oxygen atoms in total. The van der Waals surface area contributed by atoms with Crippen molar-refractivity contribution in [3.63, 3.8) is 0 Å². The molecule has 248 valence electrons. The second-order valence-corrected chi connectivity index (χ2v) is 12.6. The standard InChI is InChI=1S/C35H43F3N4O4/c1-21(2)34(22(3)4)42(35(44)45)19-27-20-46-28(16-40-27)13-14-29-31(38)17-39-18-32(29)41-33(43)15-30(23-5-9-25(36)10-6-23)24-7-11-26(37)12-8-24/h5-12,17-18,21-22,27-28,30,34,40H,13-16,19-20H2,1-4H3,(H,41,43)(H,44,45)/t27-,28+/m0/s1. The van der Waals surface area contributed by atoms with Crippen molar-refractivity contribution in [2.45, 2.75) is 71.1 Å². The van der Waals surface area contributed by atoms with Gasteiger partial charge < -0.3 is 25.4 Å². The maximum Gasteiger partial charge on any atom is 0.407 e. The quantitative estimate of drug-likeness (QED) is 0.194. The molecule has 0 spiro atoms. The molecule has 2 aromatic carbocycles. The highest BCUT2D eigenvalue weighted by atomic mass is 19.1. The number of rotatable bonds is 13. The van der Waals surface area contributed by atoms with Crippen LogP contribution >= 0.6 is 0 Å². The Balaban J connectivity index is 1.38. The number of carbonyl (C=O) groups is 2. The number of amides is 2. The number of carbonyl (C=O) groups excluding carboxylic acids is 1.